The molecule has 0 aromatic heterocycles. The largest absolute Gasteiger partial charge is 0.486 e. The van der Waals surface area contributed by atoms with Crippen LogP contribution in [0.2, 0.25) is 0 Å². The van der Waals surface area contributed by atoms with Gasteiger partial charge in [-0.15, -0.1) is 0 Å². The lowest BCUT2D eigenvalue weighted by Crippen LogP contribution is -2.07. The average Bonchev–Trinajstić information content (AvgIpc) is 2.38. The monoisotopic (exact) mass is 347 g/mol. The van der Waals surface area contributed by atoms with Gasteiger partial charge in [0, 0.05) is 35.7 Å². The van der Waals surface area contributed by atoms with Crippen LogP contribution in [0.3, 0.4) is 0 Å². The van der Waals surface area contributed by atoms with Crippen molar-refractivity contribution in [3.8, 4) is 5.75 Å². The molecule has 1 unspecified atom stereocenters. The molecular weight excluding hydrogens is 330 g/mol. The van der Waals surface area contributed by atoms with Gasteiger partial charge in [-0.25, -0.2) is 0 Å². The molecule has 1 aromatic rings. The summed E-state index contributed by atoms with van der Waals surface area (Å²) in [5.74, 6) is 0.115. The van der Waals surface area contributed by atoms with Crippen molar-refractivity contribution in [2.75, 3.05) is 19.8 Å². The number of aliphatic hydroxyl groups excluding tert-OH is 1. The number of nitrogens with zero attached hydrogens (tertiary/aromatic N) is 1. The van der Waals surface area contributed by atoms with Crippen LogP contribution in [-0.4, -0.2) is 29.9 Å². The molecule has 0 aliphatic rings. The lowest BCUT2D eigenvalue weighted by Gasteiger charge is -2.14. The quantitative estimate of drug-likeness (QED) is 0.443. The first-order chi connectivity index (χ1) is 9.47. The van der Waals surface area contributed by atoms with E-state index in [1.165, 1.54) is 6.07 Å². The molecule has 7 heteroatoms. The number of ether oxygens (including phenoxy) is 2. The number of hydrogen-bond acceptors (Lipinski definition) is 5. The summed E-state index contributed by atoms with van der Waals surface area (Å²) in [4.78, 5) is 10.6. The SMILES string of the molecule is CCOCCCOc1c(C(C)O)cc(Br)cc1[N+](=O)[O-]. The van der Waals surface area contributed by atoms with E-state index in [1.54, 1.807) is 13.0 Å². The molecule has 1 rings (SSSR count). The molecule has 0 aliphatic heterocycles. The molecule has 0 aliphatic carbocycles. The summed E-state index contributed by atoms with van der Waals surface area (Å²) in [6, 6.07) is 2.99. The van der Waals surface area contributed by atoms with Crippen LogP contribution in [0.15, 0.2) is 16.6 Å². The van der Waals surface area contributed by atoms with E-state index < -0.39 is 11.0 Å². The second kappa shape index (κ2) is 8.18. The van der Waals surface area contributed by atoms with Crippen LogP contribution < -0.4 is 4.74 Å². The van der Waals surface area contributed by atoms with Crippen molar-refractivity contribution in [1.29, 1.82) is 0 Å². The number of nitro benzene ring substituents is 1. The summed E-state index contributed by atoms with van der Waals surface area (Å²) in [6.45, 7) is 4.88. The highest BCUT2D eigenvalue weighted by molar-refractivity contribution is 9.10. The molecular formula is C13H18BrNO5. The normalized spacial score (nSPS) is 12.2. The lowest BCUT2D eigenvalue weighted by atomic mass is 10.1. The van der Waals surface area contributed by atoms with Gasteiger partial charge in [0.25, 0.3) is 0 Å². The Bertz CT molecular complexity index is 464. The molecule has 20 heavy (non-hydrogen) atoms. The van der Waals surface area contributed by atoms with Crippen LogP contribution in [0.1, 0.15) is 31.9 Å². The standard InChI is InChI=1S/C13H18BrNO5/c1-3-19-5-4-6-20-13-11(9(2)16)7-10(14)8-12(13)15(17)18/h7-9,16H,3-6H2,1-2H3. The first-order valence-corrected chi connectivity index (χ1v) is 7.13. The van der Waals surface area contributed by atoms with E-state index in [-0.39, 0.29) is 11.4 Å². The molecule has 0 fully saturated rings. The minimum Gasteiger partial charge on any atom is -0.486 e. The van der Waals surface area contributed by atoms with E-state index in [2.05, 4.69) is 15.9 Å². The fourth-order valence-electron chi connectivity index (χ4n) is 1.68. The van der Waals surface area contributed by atoms with Gasteiger partial charge in [-0.1, -0.05) is 15.9 Å². The second-order valence-corrected chi connectivity index (χ2v) is 5.09. The van der Waals surface area contributed by atoms with E-state index in [4.69, 9.17) is 9.47 Å². The number of aliphatic hydroxyl groups is 1. The molecule has 0 amide bonds. The maximum atomic E-state index is 11.1. The van der Waals surface area contributed by atoms with Crippen molar-refractivity contribution >= 4 is 21.6 Å². The highest BCUT2D eigenvalue weighted by Gasteiger charge is 2.23. The van der Waals surface area contributed by atoms with Crippen LogP contribution in [-0.2, 0) is 4.74 Å². The van der Waals surface area contributed by atoms with Gasteiger partial charge in [0.2, 0.25) is 5.75 Å². The van der Waals surface area contributed by atoms with E-state index in [0.717, 1.165) is 0 Å². The van der Waals surface area contributed by atoms with E-state index in [1.807, 2.05) is 6.92 Å². The molecule has 6 nitrogen and oxygen atoms in total. The number of hydrogen-bond donors (Lipinski definition) is 1. The third kappa shape index (κ3) is 4.73. The Balaban J connectivity index is 2.92. The minimum absolute atomic E-state index is 0.115. The number of halogens is 1. The van der Waals surface area contributed by atoms with Crippen molar-refractivity contribution in [3.63, 3.8) is 0 Å². The Morgan fingerprint density at radius 2 is 2.15 bits per heavy atom. The fraction of sp³-hybridized carbons (Fsp3) is 0.538. The Labute approximate surface area is 126 Å². The fourth-order valence-corrected chi connectivity index (χ4v) is 2.15. The van der Waals surface area contributed by atoms with Gasteiger partial charge in [-0.2, -0.15) is 0 Å². The van der Waals surface area contributed by atoms with Gasteiger partial charge in [0.1, 0.15) is 0 Å². The van der Waals surface area contributed by atoms with Gasteiger partial charge in [-0.05, 0) is 19.9 Å². The molecule has 1 aromatic carbocycles. The number of rotatable bonds is 8. The highest BCUT2D eigenvalue weighted by atomic mass is 79.9. The van der Waals surface area contributed by atoms with Gasteiger partial charge < -0.3 is 14.6 Å². The first kappa shape index (κ1) is 16.9. The predicted molar refractivity (Wildman–Crippen MR) is 78.0 cm³/mol. The number of benzene rings is 1. The third-order valence-electron chi connectivity index (χ3n) is 2.59. The van der Waals surface area contributed by atoms with Gasteiger partial charge in [0.15, 0.2) is 0 Å². The van der Waals surface area contributed by atoms with Crippen molar-refractivity contribution in [2.45, 2.75) is 26.4 Å². The van der Waals surface area contributed by atoms with Crippen LogP contribution in [0.25, 0.3) is 0 Å². The molecule has 0 heterocycles. The molecule has 1 atom stereocenters. The smallest absolute Gasteiger partial charge is 0.312 e. The zero-order chi connectivity index (χ0) is 15.1. The van der Waals surface area contributed by atoms with Crippen molar-refractivity contribution in [3.05, 3.63) is 32.3 Å². The summed E-state index contributed by atoms with van der Waals surface area (Å²) in [5, 5.41) is 20.8. The summed E-state index contributed by atoms with van der Waals surface area (Å²) in [5.41, 5.74) is 0.231. The number of nitro groups is 1. The van der Waals surface area contributed by atoms with E-state index in [0.29, 0.717) is 36.3 Å². The van der Waals surface area contributed by atoms with Crippen LogP contribution >= 0.6 is 15.9 Å². The summed E-state index contributed by atoms with van der Waals surface area (Å²) < 4.78 is 11.2. The second-order valence-electron chi connectivity index (χ2n) is 4.18. The van der Waals surface area contributed by atoms with Crippen molar-refractivity contribution < 1.29 is 19.5 Å². The lowest BCUT2D eigenvalue weighted by molar-refractivity contribution is -0.386. The molecule has 112 valence electrons. The maximum Gasteiger partial charge on any atom is 0.312 e. The predicted octanol–water partition coefficient (Wildman–Crippen LogP) is 3.22. The molecule has 0 spiro atoms. The van der Waals surface area contributed by atoms with Crippen LogP contribution in [0.5, 0.6) is 5.75 Å². The van der Waals surface area contributed by atoms with Gasteiger partial charge >= 0.3 is 5.69 Å². The molecule has 0 saturated carbocycles. The van der Waals surface area contributed by atoms with E-state index in [9.17, 15) is 15.2 Å². The summed E-state index contributed by atoms with van der Waals surface area (Å²) in [7, 11) is 0. The molecule has 0 saturated heterocycles. The Hall–Kier alpha value is -1.18. The van der Waals surface area contributed by atoms with Crippen LogP contribution in [0, 0.1) is 10.1 Å². The topological polar surface area (TPSA) is 81.8 Å². The van der Waals surface area contributed by atoms with Crippen LogP contribution in [0.4, 0.5) is 5.69 Å². The average molecular weight is 348 g/mol. The summed E-state index contributed by atoms with van der Waals surface area (Å²) in [6.07, 6.45) is -0.228. The zero-order valence-corrected chi connectivity index (χ0v) is 13.1. The van der Waals surface area contributed by atoms with Gasteiger partial charge in [0.05, 0.1) is 17.6 Å². The Kier molecular flexibility index (Phi) is 6.90. The summed E-state index contributed by atoms with van der Waals surface area (Å²) >= 11 is 3.20. The van der Waals surface area contributed by atoms with Crippen molar-refractivity contribution in [1.82, 2.24) is 0 Å². The van der Waals surface area contributed by atoms with Gasteiger partial charge in [-0.3, -0.25) is 10.1 Å². The first-order valence-electron chi connectivity index (χ1n) is 6.33. The minimum atomic E-state index is -0.854. The molecule has 0 bridgehead atoms. The molecule has 0 radical (unpaired) electrons. The highest BCUT2D eigenvalue weighted by Crippen LogP contribution is 2.37. The Morgan fingerprint density at radius 1 is 1.45 bits per heavy atom. The Morgan fingerprint density at radius 3 is 2.70 bits per heavy atom. The molecule has 1 N–H and O–H groups in total. The van der Waals surface area contributed by atoms with E-state index >= 15 is 0 Å². The van der Waals surface area contributed by atoms with Crippen molar-refractivity contribution in [2.24, 2.45) is 0 Å². The third-order valence-corrected chi connectivity index (χ3v) is 3.05. The maximum absolute atomic E-state index is 11.1. The zero-order valence-electron chi connectivity index (χ0n) is 11.5.